The van der Waals surface area contributed by atoms with Gasteiger partial charge in [-0.2, -0.15) is 0 Å². The molecule has 0 amide bonds. The predicted octanol–water partition coefficient (Wildman–Crippen LogP) is 1.78. The van der Waals surface area contributed by atoms with Crippen molar-refractivity contribution in [2.75, 3.05) is 7.11 Å². The van der Waals surface area contributed by atoms with Gasteiger partial charge in [0.1, 0.15) is 5.82 Å². The summed E-state index contributed by atoms with van der Waals surface area (Å²) in [6.45, 7) is 1.81. The van der Waals surface area contributed by atoms with Crippen LogP contribution in [0, 0.1) is 5.82 Å². The Hall–Kier alpha value is -1.98. The number of nitrogens with zero attached hydrogens (tertiary/aromatic N) is 1. The first-order chi connectivity index (χ1) is 9.48. The molecule has 0 radical (unpaired) electrons. The minimum absolute atomic E-state index is 0.311. The molecule has 0 aliphatic carbocycles. The third-order valence-corrected chi connectivity index (χ3v) is 3.46. The quantitative estimate of drug-likeness (QED) is 0.892. The number of ether oxygens (including phenoxy) is 1. The van der Waals surface area contributed by atoms with E-state index in [4.69, 9.17) is 16.2 Å². The van der Waals surface area contributed by atoms with Gasteiger partial charge < -0.3 is 16.2 Å². The summed E-state index contributed by atoms with van der Waals surface area (Å²) in [5.74, 6) is 0.188. The van der Waals surface area contributed by atoms with Crippen LogP contribution in [0.25, 0.3) is 0 Å². The summed E-state index contributed by atoms with van der Waals surface area (Å²) in [6.07, 6.45) is 1.63. The molecule has 0 spiro atoms. The molecule has 0 unspecified atom stereocenters. The van der Waals surface area contributed by atoms with Gasteiger partial charge in [-0.25, -0.2) is 9.37 Å². The van der Waals surface area contributed by atoms with Crippen molar-refractivity contribution in [3.63, 3.8) is 0 Å². The monoisotopic (exact) mass is 275 g/mol. The molecule has 1 heterocycles. The smallest absolute Gasteiger partial charge is 0.212 e. The van der Waals surface area contributed by atoms with Gasteiger partial charge in [0.05, 0.1) is 12.6 Å². The molecule has 4 nitrogen and oxygen atoms in total. The molecule has 0 aliphatic heterocycles. The van der Waals surface area contributed by atoms with Gasteiger partial charge in [-0.1, -0.05) is 12.1 Å². The van der Waals surface area contributed by atoms with E-state index < -0.39 is 5.54 Å². The Morgan fingerprint density at radius 2 is 1.75 bits per heavy atom. The van der Waals surface area contributed by atoms with E-state index in [1.54, 1.807) is 31.5 Å². The minimum Gasteiger partial charge on any atom is -0.481 e. The van der Waals surface area contributed by atoms with Crippen LogP contribution in [0.15, 0.2) is 42.6 Å². The molecule has 0 saturated heterocycles. The largest absolute Gasteiger partial charge is 0.481 e. The van der Waals surface area contributed by atoms with Crippen LogP contribution in [-0.4, -0.2) is 18.1 Å². The maximum absolute atomic E-state index is 13.1. The Kier molecular flexibility index (Phi) is 4.01. The Morgan fingerprint density at radius 1 is 1.15 bits per heavy atom. The number of nitrogens with two attached hydrogens (primary N) is 2. The van der Waals surface area contributed by atoms with Crippen molar-refractivity contribution in [2.45, 2.75) is 18.5 Å². The zero-order chi connectivity index (χ0) is 14.8. The number of aromatic nitrogens is 1. The van der Waals surface area contributed by atoms with Crippen molar-refractivity contribution in [2.24, 2.45) is 11.5 Å². The fraction of sp³-hybridized carbons (Fsp3) is 0.267. The van der Waals surface area contributed by atoms with Crippen molar-refractivity contribution in [3.05, 3.63) is 59.5 Å². The van der Waals surface area contributed by atoms with Crippen LogP contribution in [0.1, 0.15) is 18.1 Å². The average molecular weight is 275 g/mol. The van der Waals surface area contributed by atoms with Crippen LogP contribution in [-0.2, 0) is 5.54 Å². The lowest BCUT2D eigenvalue weighted by atomic mass is 9.79. The summed E-state index contributed by atoms with van der Waals surface area (Å²) in [4.78, 5) is 4.16. The lowest BCUT2D eigenvalue weighted by Crippen LogP contribution is -2.51. The topological polar surface area (TPSA) is 74.2 Å². The third kappa shape index (κ3) is 2.50. The molecule has 1 aromatic heterocycles. The summed E-state index contributed by atoms with van der Waals surface area (Å²) in [7, 11) is 1.54. The first kappa shape index (κ1) is 14.4. The fourth-order valence-electron chi connectivity index (χ4n) is 2.16. The number of halogens is 1. The molecule has 2 rings (SSSR count). The van der Waals surface area contributed by atoms with Crippen LogP contribution in [0.2, 0.25) is 0 Å². The van der Waals surface area contributed by atoms with E-state index in [-0.39, 0.29) is 11.9 Å². The Labute approximate surface area is 117 Å². The number of rotatable bonds is 4. The van der Waals surface area contributed by atoms with Crippen LogP contribution < -0.4 is 16.2 Å². The van der Waals surface area contributed by atoms with E-state index in [9.17, 15) is 4.39 Å². The molecule has 2 atom stereocenters. The molecule has 0 fully saturated rings. The first-order valence-corrected chi connectivity index (χ1v) is 6.29. The highest BCUT2D eigenvalue weighted by Gasteiger charge is 2.34. The Bertz CT molecular complexity index is 569. The van der Waals surface area contributed by atoms with Crippen molar-refractivity contribution >= 4 is 0 Å². The van der Waals surface area contributed by atoms with Crippen LogP contribution in [0.4, 0.5) is 4.39 Å². The lowest BCUT2D eigenvalue weighted by molar-refractivity contribution is 0.394. The molecule has 1 aromatic carbocycles. The fourth-order valence-corrected chi connectivity index (χ4v) is 2.16. The second-order valence-corrected chi connectivity index (χ2v) is 4.75. The zero-order valence-corrected chi connectivity index (χ0v) is 11.5. The molecule has 0 saturated carbocycles. The third-order valence-electron chi connectivity index (χ3n) is 3.46. The second kappa shape index (κ2) is 5.56. The average Bonchev–Trinajstić information content (AvgIpc) is 2.47. The van der Waals surface area contributed by atoms with Gasteiger partial charge in [0, 0.05) is 18.3 Å². The van der Waals surface area contributed by atoms with Gasteiger partial charge in [-0.05, 0) is 36.2 Å². The molecule has 0 bridgehead atoms. The highest BCUT2D eigenvalue weighted by atomic mass is 19.1. The number of hydrogen-bond donors (Lipinski definition) is 2. The number of pyridine rings is 1. The second-order valence-electron chi connectivity index (χ2n) is 4.75. The Balaban J connectivity index is 2.50. The van der Waals surface area contributed by atoms with Crippen molar-refractivity contribution < 1.29 is 9.13 Å². The van der Waals surface area contributed by atoms with Gasteiger partial charge in [0.2, 0.25) is 5.88 Å². The van der Waals surface area contributed by atoms with Crippen LogP contribution >= 0.6 is 0 Å². The SMILES string of the molecule is COc1ccc([C@@](N)(c2ccc(F)cc2)[C@H](C)N)cn1. The van der Waals surface area contributed by atoms with E-state index in [0.29, 0.717) is 5.88 Å². The van der Waals surface area contributed by atoms with Gasteiger partial charge in [0.25, 0.3) is 0 Å². The normalized spacial score (nSPS) is 15.4. The maximum atomic E-state index is 13.1. The number of methoxy groups -OCH3 is 1. The van der Waals surface area contributed by atoms with Crippen molar-refractivity contribution in [3.8, 4) is 5.88 Å². The molecular weight excluding hydrogens is 257 g/mol. The summed E-state index contributed by atoms with van der Waals surface area (Å²) >= 11 is 0. The highest BCUT2D eigenvalue weighted by molar-refractivity contribution is 5.39. The molecule has 106 valence electrons. The summed E-state index contributed by atoms with van der Waals surface area (Å²) in [5.41, 5.74) is 13.1. The maximum Gasteiger partial charge on any atom is 0.212 e. The van der Waals surface area contributed by atoms with Gasteiger partial charge >= 0.3 is 0 Å². The molecule has 5 heteroatoms. The van der Waals surface area contributed by atoms with Gasteiger partial charge in [0.15, 0.2) is 0 Å². The standard InChI is InChI=1S/C15H18FN3O/c1-10(17)15(18,11-3-6-13(16)7-4-11)12-5-8-14(20-2)19-9-12/h3-10H,17-18H2,1-2H3/t10-,15-/m0/s1. The predicted molar refractivity (Wildman–Crippen MR) is 75.8 cm³/mol. The number of hydrogen-bond acceptors (Lipinski definition) is 4. The summed E-state index contributed by atoms with van der Waals surface area (Å²) < 4.78 is 18.1. The highest BCUT2D eigenvalue weighted by Crippen LogP contribution is 2.30. The Morgan fingerprint density at radius 3 is 2.20 bits per heavy atom. The van der Waals surface area contributed by atoms with E-state index in [0.717, 1.165) is 11.1 Å². The first-order valence-electron chi connectivity index (χ1n) is 6.29. The van der Waals surface area contributed by atoms with Crippen molar-refractivity contribution in [1.29, 1.82) is 0 Å². The van der Waals surface area contributed by atoms with Gasteiger partial charge in [-0.3, -0.25) is 0 Å². The molecule has 0 aliphatic rings. The number of benzene rings is 1. The summed E-state index contributed by atoms with van der Waals surface area (Å²) in [5, 5.41) is 0. The van der Waals surface area contributed by atoms with Crippen LogP contribution in [0.3, 0.4) is 0 Å². The molecule has 4 N–H and O–H groups in total. The van der Waals surface area contributed by atoms with E-state index in [1.807, 2.05) is 13.0 Å². The van der Waals surface area contributed by atoms with Gasteiger partial charge in [-0.15, -0.1) is 0 Å². The lowest BCUT2D eigenvalue weighted by Gasteiger charge is -2.34. The van der Waals surface area contributed by atoms with E-state index in [2.05, 4.69) is 4.98 Å². The minimum atomic E-state index is -0.938. The molecule has 2 aromatic rings. The van der Waals surface area contributed by atoms with Crippen molar-refractivity contribution in [1.82, 2.24) is 4.98 Å². The van der Waals surface area contributed by atoms with E-state index >= 15 is 0 Å². The van der Waals surface area contributed by atoms with Crippen LogP contribution in [0.5, 0.6) is 5.88 Å². The molecule has 20 heavy (non-hydrogen) atoms. The summed E-state index contributed by atoms with van der Waals surface area (Å²) in [6, 6.07) is 9.20. The zero-order valence-electron chi connectivity index (χ0n) is 11.5. The van der Waals surface area contributed by atoms with E-state index in [1.165, 1.54) is 12.1 Å². The molecular formula is C15H18FN3O.